The van der Waals surface area contributed by atoms with E-state index in [2.05, 4.69) is 14.8 Å². The first kappa shape index (κ1) is 18.6. The highest BCUT2D eigenvalue weighted by Crippen LogP contribution is 2.43. The van der Waals surface area contributed by atoms with Gasteiger partial charge in [0.15, 0.2) is 0 Å². The number of aromatic nitrogens is 2. The molecule has 0 aromatic carbocycles. The number of imidazole rings is 1. The van der Waals surface area contributed by atoms with Crippen LogP contribution in [0.15, 0.2) is 24.7 Å². The van der Waals surface area contributed by atoms with Gasteiger partial charge in [0, 0.05) is 26.2 Å². The van der Waals surface area contributed by atoms with Crippen molar-refractivity contribution in [2.24, 2.45) is 5.41 Å². The summed E-state index contributed by atoms with van der Waals surface area (Å²) in [6.45, 7) is 5.04. The molecule has 0 aliphatic carbocycles. The van der Waals surface area contributed by atoms with E-state index >= 15 is 0 Å². The maximum atomic E-state index is 13.3. The first-order valence-electron chi connectivity index (χ1n) is 9.48. The minimum atomic E-state index is -4.37. The van der Waals surface area contributed by atoms with Crippen LogP contribution < -0.4 is 4.90 Å². The Bertz CT molecular complexity index is 799. The zero-order valence-electron chi connectivity index (χ0n) is 15.4. The largest absolute Gasteiger partial charge is 0.416 e. The maximum absolute atomic E-state index is 13.3. The fourth-order valence-electron chi connectivity index (χ4n) is 4.50. The topological polar surface area (TPSA) is 44.0 Å². The van der Waals surface area contributed by atoms with E-state index in [0.717, 1.165) is 57.9 Å². The van der Waals surface area contributed by atoms with E-state index < -0.39 is 18.0 Å². The van der Waals surface area contributed by atoms with Crippen LogP contribution in [-0.2, 0) is 6.18 Å². The number of piperidine rings is 2. The molecular weight excluding hydrogens is 357 g/mol. The molecule has 0 amide bonds. The van der Waals surface area contributed by atoms with Gasteiger partial charge in [0.05, 0.1) is 17.3 Å². The average Bonchev–Trinajstić information content (AvgIpc) is 3.10. The molecule has 4 heterocycles. The molecule has 1 atom stereocenters. The van der Waals surface area contributed by atoms with Gasteiger partial charge in [-0.1, -0.05) is 0 Å². The van der Waals surface area contributed by atoms with E-state index in [4.69, 9.17) is 0 Å². The Morgan fingerprint density at radius 3 is 2.30 bits per heavy atom. The van der Waals surface area contributed by atoms with Crippen molar-refractivity contribution in [3.8, 4) is 0 Å². The molecule has 2 fully saturated rings. The van der Waals surface area contributed by atoms with Crippen LogP contribution in [0.3, 0.4) is 0 Å². The van der Waals surface area contributed by atoms with E-state index in [-0.39, 0.29) is 5.41 Å². The average molecular weight is 382 g/mol. The van der Waals surface area contributed by atoms with Crippen molar-refractivity contribution in [3.63, 3.8) is 0 Å². The molecule has 2 aromatic heterocycles. The van der Waals surface area contributed by atoms with Crippen molar-refractivity contribution < 1.29 is 18.3 Å². The first-order valence-corrected chi connectivity index (χ1v) is 9.48. The predicted molar refractivity (Wildman–Crippen MR) is 96.6 cm³/mol. The molecule has 5 nitrogen and oxygen atoms in total. The van der Waals surface area contributed by atoms with E-state index in [1.54, 1.807) is 17.7 Å². The molecule has 2 saturated heterocycles. The lowest BCUT2D eigenvalue weighted by Gasteiger charge is -2.48. The molecule has 148 valence electrons. The molecule has 0 bridgehead atoms. The normalized spacial score (nSPS) is 22.5. The molecule has 27 heavy (non-hydrogen) atoms. The first-order chi connectivity index (χ1) is 12.8. The highest BCUT2D eigenvalue weighted by molar-refractivity contribution is 5.58. The van der Waals surface area contributed by atoms with Crippen molar-refractivity contribution >= 4 is 11.3 Å². The summed E-state index contributed by atoms with van der Waals surface area (Å²) in [5, 5.41) is 9.74. The van der Waals surface area contributed by atoms with E-state index in [9.17, 15) is 18.3 Å². The number of rotatable bonds is 2. The molecule has 2 aliphatic heterocycles. The van der Waals surface area contributed by atoms with E-state index in [1.807, 2.05) is 0 Å². The Morgan fingerprint density at radius 1 is 1.07 bits per heavy atom. The zero-order valence-corrected chi connectivity index (χ0v) is 15.4. The van der Waals surface area contributed by atoms with Gasteiger partial charge in [0.1, 0.15) is 18.4 Å². The molecule has 2 aromatic rings. The second-order valence-electron chi connectivity index (χ2n) is 7.94. The van der Waals surface area contributed by atoms with Gasteiger partial charge in [0.2, 0.25) is 0 Å². The number of pyridine rings is 1. The smallest absolute Gasteiger partial charge is 0.379 e. The molecule has 4 rings (SSSR count). The number of likely N-dealkylation sites (tertiary alicyclic amines) is 1. The summed E-state index contributed by atoms with van der Waals surface area (Å²) >= 11 is 0. The lowest BCUT2D eigenvalue weighted by molar-refractivity contribution is -0.137. The number of hydrogen-bond acceptors (Lipinski definition) is 4. The SMILES string of the molecule is CC(O)N1CCC2(CCN(c3cc(C(F)(F)F)cc4cncn34)CC2)CC1. The highest BCUT2D eigenvalue weighted by Gasteiger charge is 2.39. The van der Waals surface area contributed by atoms with Gasteiger partial charge in [-0.3, -0.25) is 9.30 Å². The van der Waals surface area contributed by atoms with Crippen molar-refractivity contribution in [2.45, 2.75) is 45.0 Å². The number of anilines is 1. The number of nitrogens with zero attached hydrogens (tertiary/aromatic N) is 4. The molecular formula is C19H25F3N4O. The van der Waals surface area contributed by atoms with Crippen molar-refractivity contribution in [2.75, 3.05) is 31.1 Å². The Balaban J connectivity index is 1.53. The molecule has 1 spiro atoms. The van der Waals surface area contributed by atoms with Crippen molar-refractivity contribution in [1.82, 2.24) is 14.3 Å². The number of fused-ring (bicyclic) bond motifs is 1. The van der Waals surface area contributed by atoms with Gasteiger partial charge in [0.25, 0.3) is 0 Å². The molecule has 1 unspecified atom stereocenters. The van der Waals surface area contributed by atoms with Gasteiger partial charge >= 0.3 is 6.18 Å². The zero-order chi connectivity index (χ0) is 19.2. The third-order valence-electron chi connectivity index (χ3n) is 6.36. The minimum Gasteiger partial charge on any atom is -0.379 e. The molecule has 0 saturated carbocycles. The Hall–Kier alpha value is -1.80. The predicted octanol–water partition coefficient (Wildman–Crippen LogP) is 3.37. The summed E-state index contributed by atoms with van der Waals surface area (Å²) in [6, 6.07) is 2.39. The summed E-state index contributed by atoms with van der Waals surface area (Å²) in [7, 11) is 0. The summed E-state index contributed by atoms with van der Waals surface area (Å²) in [5.41, 5.74) is 0.0822. The minimum absolute atomic E-state index is 0.248. The maximum Gasteiger partial charge on any atom is 0.416 e. The second kappa shape index (κ2) is 6.67. The van der Waals surface area contributed by atoms with E-state index in [1.165, 1.54) is 12.3 Å². The number of hydrogen-bond donors (Lipinski definition) is 1. The summed E-state index contributed by atoms with van der Waals surface area (Å²) in [4.78, 5) is 8.16. The number of aliphatic hydroxyl groups excluding tert-OH is 1. The van der Waals surface area contributed by atoms with Crippen molar-refractivity contribution in [1.29, 1.82) is 0 Å². The van der Waals surface area contributed by atoms with Gasteiger partial charge in [-0.2, -0.15) is 13.2 Å². The summed E-state index contributed by atoms with van der Waals surface area (Å²) in [6.07, 6.45) is 2.27. The van der Waals surface area contributed by atoms with Crippen molar-refractivity contribution in [3.05, 3.63) is 30.2 Å². The van der Waals surface area contributed by atoms with Gasteiger partial charge < -0.3 is 10.0 Å². The number of halogens is 3. The van der Waals surface area contributed by atoms with Crippen LogP contribution in [-0.4, -0.2) is 51.8 Å². The summed E-state index contributed by atoms with van der Waals surface area (Å²) < 4.78 is 41.6. The van der Waals surface area contributed by atoms with E-state index in [0.29, 0.717) is 11.3 Å². The monoisotopic (exact) mass is 382 g/mol. The number of alkyl halides is 3. The Labute approximate surface area is 156 Å². The fraction of sp³-hybridized carbons (Fsp3) is 0.632. The fourth-order valence-corrected chi connectivity index (χ4v) is 4.50. The molecule has 8 heteroatoms. The molecule has 1 N–H and O–H groups in total. The lowest BCUT2D eigenvalue weighted by atomic mass is 9.71. The van der Waals surface area contributed by atoms with Crippen LogP contribution in [0.2, 0.25) is 0 Å². The van der Waals surface area contributed by atoms with Crippen LogP contribution >= 0.6 is 0 Å². The van der Waals surface area contributed by atoms with Crippen LogP contribution in [0.1, 0.15) is 38.2 Å². The molecule has 2 aliphatic rings. The number of aliphatic hydroxyl groups is 1. The summed E-state index contributed by atoms with van der Waals surface area (Å²) in [5.74, 6) is 0.564. The second-order valence-corrected chi connectivity index (χ2v) is 7.94. The third kappa shape index (κ3) is 3.52. The van der Waals surface area contributed by atoms with Crippen LogP contribution in [0, 0.1) is 5.41 Å². The highest BCUT2D eigenvalue weighted by atomic mass is 19.4. The third-order valence-corrected chi connectivity index (χ3v) is 6.36. The van der Waals surface area contributed by atoms with Crippen LogP contribution in [0.5, 0.6) is 0 Å². The Morgan fingerprint density at radius 2 is 1.70 bits per heavy atom. The lowest BCUT2D eigenvalue weighted by Crippen LogP contribution is -2.49. The van der Waals surface area contributed by atoms with Gasteiger partial charge in [-0.25, -0.2) is 4.98 Å². The van der Waals surface area contributed by atoms with Gasteiger partial charge in [-0.05, 0) is 50.2 Å². The van der Waals surface area contributed by atoms with Crippen LogP contribution in [0.25, 0.3) is 5.52 Å². The van der Waals surface area contributed by atoms with Gasteiger partial charge in [-0.15, -0.1) is 0 Å². The van der Waals surface area contributed by atoms with Crippen LogP contribution in [0.4, 0.5) is 19.0 Å². The molecule has 0 radical (unpaired) electrons. The quantitative estimate of drug-likeness (QED) is 0.865. The standard InChI is InChI=1S/C19H25F3N4O/c1-14(27)24-6-2-18(3-7-24)4-8-25(9-5-18)17-11-15(19(20,21)22)10-16-12-23-13-26(16)17/h10-14,27H,2-9H2,1H3. The Kier molecular flexibility index (Phi) is 4.58.